The summed E-state index contributed by atoms with van der Waals surface area (Å²) in [5, 5.41) is 3.75. The summed E-state index contributed by atoms with van der Waals surface area (Å²) >= 11 is 5.68. The van der Waals surface area contributed by atoms with E-state index in [1.54, 1.807) is 7.05 Å². The summed E-state index contributed by atoms with van der Waals surface area (Å²) in [5.41, 5.74) is 1.30. The van der Waals surface area contributed by atoms with E-state index >= 15 is 0 Å². The Bertz CT molecular complexity index is 943. The molecule has 0 aliphatic carbocycles. The number of thiocarbonyl (C=S) groups is 1. The van der Waals surface area contributed by atoms with Crippen LogP contribution < -0.4 is 10.0 Å². The van der Waals surface area contributed by atoms with Crippen LogP contribution in [0.3, 0.4) is 0 Å². The normalized spacial score (nSPS) is 20.9. The van der Waals surface area contributed by atoms with Crippen molar-refractivity contribution < 1.29 is 4.21 Å². The topological polar surface area (TPSA) is 53.5 Å². The highest BCUT2D eigenvalue weighted by Crippen LogP contribution is 2.38. The van der Waals surface area contributed by atoms with Gasteiger partial charge in [-0.2, -0.15) is 0 Å². The smallest absolute Gasteiger partial charge is 0.184 e. The van der Waals surface area contributed by atoms with Gasteiger partial charge in [-0.3, -0.25) is 8.93 Å². The number of unbranched alkanes of at least 4 members (excludes halogenated alkanes) is 1. The molecule has 0 spiro atoms. The lowest BCUT2D eigenvalue weighted by molar-refractivity contribution is 0.649. The van der Waals surface area contributed by atoms with Crippen LogP contribution >= 0.6 is 12.2 Å². The molecule has 0 amide bonds. The summed E-state index contributed by atoms with van der Waals surface area (Å²) in [6.45, 7) is 4.10. The molecule has 1 atom stereocenters. The summed E-state index contributed by atoms with van der Waals surface area (Å²) in [6, 6.07) is 19.9. The Labute approximate surface area is 173 Å². The predicted molar refractivity (Wildman–Crippen MR) is 124 cm³/mol. The summed E-state index contributed by atoms with van der Waals surface area (Å²) in [6.07, 6.45) is 1.80. The fourth-order valence-electron chi connectivity index (χ4n) is 3.57. The van der Waals surface area contributed by atoms with Gasteiger partial charge in [0.2, 0.25) is 0 Å². The quantitative estimate of drug-likeness (QED) is 0.668. The van der Waals surface area contributed by atoms with Gasteiger partial charge in [0.25, 0.3) is 0 Å². The molecule has 0 radical (unpaired) electrons. The maximum Gasteiger partial charge on any atom is 0.184 e. The molecule has 6 heteroatoms. The Hall–Kier alpha value is -1.89. The van der Waals surface area contributed by atoms with Gasteiger partial charge in [-0.25, -0.2) is 4.99 Å². The molecule has 4 nitrogen and oxygen atoms in total. The van der Waals surface area contributed by atoms with Crippen molar-refractivity contribution in [1.82, 2.24) is 10.0 Å². The average Bonchev–Trinajstić information content (AvgIpc) is 3.05. The van der Waals surface area contributed by atoms with Crippen molar-refractivity contribution in [2.45, 2.75) is 38.0 Å². The lowest BCUT2D eigenvalue weighted by Gasteiger charge is -2.42. The number of benzene rings is 2. The third-order valence-electron chi connectivity index (χ3n) is 5.49. The Balaban J connectivity index is 2.12. The largest absolute Gasteiger partial charge is 0.325 e. The minimum atomic E-state index is -3.50. The van der Waals surface area contributed by atoms with Crippen LogP contribution in [0.4, 0.5) is 0 Å². The third kappa shape index (κ3) is 3.69. The average molecular weight is 416 g/mol. The van der Waals surface area contributed by atoms with Crippen LogP contribution in [0.15, 0.2) is 65.7 Å². The first-order chi connectivity index (χ1) is 13.3. The molecule has 2 aromatic rings. The van der Waals surface area contributed by atoms with Crippen molar-refractivity contribution in [1.29, 1.82) is 0 Å². The second-order valence-corrected chi connectivity index (χ2v) is 12.0. The van der Waals surface area contributed by atoms with E-state index in [1.807, 2.05) is 67.6 Å². The summed E-state index contributed by atoms with van der Waals surface area (Å²) in [7, 11) is -1.72. The highest BCUT2D eigenvalue weighted by Gasteiger charge is 2.48. The van der Waals surface area contributed by atoms with Gasteiger partial charge < -0.3 is 5.32 Å². The third-order valence-corrected chi connectivity index (χ3v) is 10.1. The van der Waals surface area contributed by atoms with E-state index in [1.165, 1.54) is 0 Å². The molecule has 1 aliphatic rings. The van der Waals surface area contributed by atoms with Gasteiger partial charge in [0.1, 0.15) is 10.5 Å². The number of rotatable bonds is 7. The zero-order valence-corrected chi connectivity index (χ0v) is 18.4. The molecule has 1 heterocycles. The van der Waals surface area contributed by atoms with Gasteiger partial charge in [0.05, 0.1) is 0 Å². The highest BCUT2D eigenvalue weighted by molar-refractivity contribution is 8.30. The fraction of sp³-hybridized carbons (Fsp3) is 0.364. The molecule has 0 fully saturated rings. The molecule has 1 aliphatic heterocycles. The monoisotopic (exact) mass is 415 g/mol. The Morgan fingerprint density at radius 1 is 1.11 bits per heavy atom. The molecule has 1 unspecified atom stereocenters. The summed E-state index contributed by atoms with van der Waals surface area (Å²) in [4.78, 5) is 5.56. The van der Waals surface area contributed by atoms with Crippen LogP contribution in [0.1, 0.15) is 37.8 Å². The number of aliphatic imine (C=N–C) groups is 1. The van der Waals surface area contributed by atoms with Crippen LogP contribution in [0.25, 0.3) is 0 Å². The number of hydrogen-bond acceptors (Lipinski definition) is 3. The standard InChI is InChI=1S/C22H29N3OS2/c1-4-5-16-28(26,23-3,17-18-12-8-6-9-13-18)21-24-20(27)22(2,25-21)19-14-10-7-11-15-19/h6-15H,4-5,16-17H2,1-3H3,(H,23,26)(H,24,25,27). The van der Waals surface area contributed by atoms with Crippen molar-refractivity contribution in [2.24, 2.45) is 4.99 Å². The van der Waals surface area contributed by atoms with E-state index < -0.39 is 14.8 Å². The van der Waals surface area contributed by atoms with Gasteiger partial charge in [0.15, 0.2) is 5.17 Å². The van der Waals surface area contributed by atoms with Gasteiger partial charge in [0, 0.05) is 20.8 Å². The second-order valence-electron chi connectivity index (χ2n) is 7.49. The van der Waals surface area contributed by atoms with E-state index in [0.29, 0.717) is 21.7 Å². The lowest BCUT2D eigenvalue weighted by Crippen LogP contribution is -2.59. The summed E-state index contributed by atoms with van der Waals surface area (Å²) < 4.78 is 18.0. The molecule has 0 aromatic heterocycles. The molecule has 28 heavy (non-hydrogen) atoms. The summed E-state index contributed by atoms with van der Waals surface area (Å²) in [5.74, 6) is 0.923. The SMILES string of the molecule is CCCCS(=O)(Cc1ccccc1)(NC)C1=NC(C)(c2ccccc2)C(=S)N1. The van der Waals surface area contributed by atoms with Crippen molar-refractivity contribution >= 4 is 31.6 Å². The van der Waals surface area contributed by atoms with Gasteiger partial charge >= 0.3 is 0 Å². The van der Waals surface area contributed by atoms with Crippen molar-refractivity contribution in [3.8, 4) is 0 Å². The number of nitrogens with one attached hydrogen (secondary N) is 2. The van der Waals surface area contributed by atoms with E-state index in [-0.39, 0.29) is 0 Å². The molecule has 2 N–H and O–H groups in total. The maximum atomic E-state index is 14.8. The molecule has 3 rings (SSSR count). The fourth-order valence-corrected chi connectivity index (χ4v) is 7.44. The molecule has 0 bridgehead atoms. The van der Waals surface area contributed by atoms with E-state index in [9.17, 15) is 4.21 Å². The van der Waals surface area contributed by atoms with Crippen molar-refractivity contribution in [3.05, 3.63) is 71.8 Å². The zero-order valence-electron chi connectivity index (χ0n) is 16.8. The molecule has 2 aromatic carbocycles. The number of nitrogens with zero attached hydrogens (tertiary/aromatic N) is 1. The molecule has 0 saturated heterocycles. The molecule has 0 saturated carbocycles. The van der Waals surface area contributed by atoms with Crippen molar-refractivity contribution in [3.63, 3.8) is 0 Å². The van der Waals surface area contributed by atoms with E-state index in [2.05, 4.69) is 17.0 Å². The molecule has 150 valence electrons. The van der Waals surface area contributed by atoms with Crippen LogP contribution in [0, 0.1) is 0 Å². The van der Waals surface area contributed by atoms with Gasteiger partial charge in [-0.05, 0) is 31.5 Å². The predicted octanol–water partition coefficient (Wildman–Crippen LogP) is 4.14. The highest BCUT2D eigenvalue weighted by atomic mass is 32.3. The first-order valence-corrected chi connectivity index (χ1v) is 12.4. The van der Waals surface area contributed by atoms with Crippen LogP contribution in [0.5, 0.6) is 0 Å². The second kappa shape index (κ2) is 7.85. The first-order valence-electron chi connectivity index (χ1n) is 9.69. The number of hydrogen-bond donors (Lipinski definition) is 2. The van der Waals surface area contributed by atoms with Gasteiger partial charge in [-0.15, -0.1) is 0 Å². The first kappa shape index (κ1) is 20.8. The Morgan fingerprint density at radius 3 is 2.29 bits per heavy atom. The van der Waals surface area contributed by atoms with Crippen LogP contribution in [0.2, 0.25) is 0 Å². The molecular weight excluding hydrogens is 386 g/mol. The number of amidine groups is 1. The molecular formula is C22H29N3OS2. The van der Waals surface area contributed by atoms with Crippen molar-refractivity contribution in [2.75, 3.05) is 12.8 Å². The Morgan fingerprint density at radius 2 is 1.71 bits per heavy atom. The van der Waals surface area contributed by atoms with Gasteiger partial charge in [-0.1, -0.05) is 86.2 Å². The van der Waals surface area contributed by atoms with Crippen LogP contribution in [-0.4, -0.2) is 27.2 Å². The lowest BCUT2D eigenvalue weighted by atomic mass is 9.93. The van der Waals surface area contributed by atoms with Crippen LogP contribution in [-0.2, 0) is 20.5 Å². The minimum absolute atomic E-state index is 0.397. The Kier molecular flexibility index (Phi) is 5.84. The van der Waals surface area contributed by atoms with E-state index in [0.717, 1.165) is 24.0 Å². The zero-order chi connectivity index (χ0) is 20.3. The van der Waals surface area contributed by atoms with E-state index in [4.69, 9.17) is 17.2 Å². The maximum absolute atomic E-state index is 14.8. The minimum Gasteiger partial charge on any atom is -0.325 e.